The van der Waals surface area contributed by atoms with Gasteiger partial charge in [0.25, 0.3) is 0 Å². The zero-order chi connectivity index (χ0) is 9.97. The van der Waals surface area contributed by atoms with Crippen LogP contribution in [-0.4, -0.2) is 38.5 Å². The summed E-state index contributed by atoms with van der Waals surface area (Å²) in [4.78, 5) is 18.0. The summed E-state index contributed by atoms with van der Waals surface area (Å²) in [5.74, 6) is -0.0794. The number of rotatable bonds is 2. The second-order valence-corrected chi connectivity index (χ2v) is 2.45. The first kappa shape index (κ1) is 8.42. The number of methoxy groups -OCH3 is 1. The summed E-state index contributed by atoms with van der Waals surface area (Å²) in [7, 11) is 1.28. The number of nitrogens with zero attached hydrogens (tertiary/aromatic N) is 3. The van der Waals surface area contributed by atoms with E-state index in [1.165, 1.54) is 7.11 Å². The third-order valence-corrected chi connectivity index (χ3v) is 1.65. The number of H-pyrrole nitrogens is 2. The molecule has 0 aliphatic heterocycles. The molecule has 72 valence electrons. The molecule has 0 aliphatic carbocycles. The molecule has 0 unspecified atom stereocenters. The molecule has 0 atom stereocenters. The lowest BCUT2D eigenvalue weighted by atomic mass is 10.3. The van der Waals surface area contributed by atoms with Crippen LogP contribution in [0.1, 0.15) is 10.5 Å². The lowest BCUT2D eigenvalue weighted by Gasteiger charge is -1.94. The Kier molecular flexibility index (Phi) is 1.98. The van der Waals surface area contributed by atoms with E-state index in [9.17, 15) is 4.79 Å². The van der Waals surface area contributed by atoms with Crippen molar-refractivity contribution in [1.29, 1.82) is 0 Å². The van der Waals surface area contributed by atoms with Gasteiger partial charge in [0.05, 0.1) is 7.11 Å². The minimum absolute atomic E-state index is 0.113. The van der Waals surface area contributed by atoms with Crippen molar-refractivity contribution in [3.63, 3.8) is 0 Å². The lowest BCUT2D eigenvalue weighted by molar-refractivity contribution is 0.0595. The fourth-order valence-corrected chi connectivity index (χ4v) is 1.03. The molecule has 7 heteroatoms. The van der Waals surface area contributed by atoms with Crippen LogP contribution in [0.2, 0.25) is 0 Å². The van der Waals surface area contributed by atoms with Gasteiger partial charge in [0.1, 0.15) is 0 Å². The zero-order valence-corrected chi connectivity index (χ0v) is 7.31. The molecule has 2 heterocycles. The van der Waals surface area contributed by atoms with Gasteiger partial charge in [-0.15, -0.1) is 5.10 Å². The van der Waals surface area contributed by atoms with Crippen LogP contribution in [0.15, 0.2) is 12.4 Å². The van der Waals surface area contributed by atoms with E-state index >= 15 is 0 Å². The number of aromatic amines is 2. The van der Waals surface area contributed by atoms with Gasteiger partial charge in [-0.05, 0) is 0 Å². The summed E-state index contributed by atoms with van der Waals surface area (Å²) >= 11 is 0. The highest BCUT2D eigenvalue weighted by atomic mass is 16.5. The van der Waals surface area contributed by atoms with E-state index in [0.717, 1.165) is 0 Å². The van der Waals surface area contributed by atoms with E-state index in [1.807, 2.05) is 0 Å². The SMILES string of the molecule is COC(=O)c1n[nH]nc1-c1ncc[nH]1. The maximum atomic E-state index is 11.2. The third kappa shape index (κ3) is 1.24. The monoisotopic (exact) mass is 193 g/mol. The van der Waals surface area contributed by atoms with Crippen molar-refractivity contribution >= 4 is 5.97 Å². The van der Waals surface area contributed by atoms with Crippen molar-refractivity contribution < 1.29 is 9.53 Å². The molecule has 0 saturated carbocycles. The molecule has 2 aromatic heterocycles. The minimum atomic E-state index is -0.551. The highest BCUT2D eigenvalue weighted by molar-refractivity contribution is 5.92. The summed E-state index contributed by atoms with van der Waals surface area (Å²) < 4.78 is 4.53. The van der Waals surface area contributed by atoms with Crippen LogP contribution in [0.3, 0.4) is 0 Å². The molecule has 7 nitrogen and oxygen atoms in total. The molecule has 2 aromatic rings. The number of ether oxygens (including phenoxy) is 1. The van der Waals surface area contributed by atoms with E-state index in [0.29, 0.717) is 11.5 Å². The van der Waals surface area contributed by atoms with Crippen LogP contribution in [-0.2, 0) is 4.74 Å². The van der Waals surface area contributed by atoms with Crippen LogP contribution in [0.5, 0.6) is 0 Å². The standard InChI is InChI=1S/C7H7N5O2/c1-14-7(13)5-4(10-12-11-5)6-8-2-3-9-6/h2-3H,1H3,(H,8,9)(H,10,11,12). The maximum Gasteiger partial charge on any atom is 0.361 e. The van der Waals surface area contributed by atoms with Gasteiger partial charge in [-0.25, -0.2) is 9.78 Å². The molecule has 14 heavy (non-hydrogen) atoms. The molecule has 0 radical (unpaired) electrons. The van der Waals surface area contributed by atoms with Crippen molar-refractivity contribution in [3.05, 3.63) is 18.1 Å². The second-order valence-electron chi connectivity index (χ2n) is 2.45. The number of esters is 1. The van der Waals surface area contributed by atoms with Gasteiger partial charge in [0, 0.05) is 12.4 Å². The molecule has 0 amide bonds. The fourth-order valence-electron chi connectivity index (χ4n) is 1.03. The van der Waals surface area contributed by atoms with E-state index in [2.05, 4.69) is 30.1 Å². The van der Waals surface area contributed by atoms with Gasteiger partial charge in [-0.3, -0.25) is 0 Å². The Morgan fingerprint density at radius 2 is 2.36 bits per heavy atom. The van der Waals surface area contributed by atoms with Crippen molar-refractivity contribution in [1.82, 2.24) is 25.4 Å². The van der Waals surface area contributed by atoms with Crippen molar-refractivity contribution in [3.8, 4) is 11.5 Å². The molecule has 0 fully saturated rings. The first-order chi connectivity index (χ1) is 6.83. The van der Waals surface area contributed by atoms with Crippen LogP contribution < -0.4 is 0 Å². The third-order valence-electron chi connectivity index (χ3n) is 1.65. The average Bonchev–Trinajstić information content (AvgIpc) is 2.85. The van der Waals surface area contributed by atoms with Crippen LogP contribution >= 0.6 is 0 Å². The van der Waals surface area contributed by atoms with E-state index in [-0.39, 0.29) is 5.69 Å². The topological polar surface area (TPSA) is 96.6 Å². The quantitative estimate of drug-likeness (QED) is 0.653. The zero-order valence-electron chi connectivity index (χ0n) is 7.31. The first-order valence-electron chi connectivity index (χ1n) is 3.81. The van der Waals surface area contributed by atoms with Gasteiger partial charge in [0.2, 0.25) is 5.69 Å². The highest BCUT2D eigenvalue weighted by Crippen LogP contribution is 2.14. The van der Waals surface area contributed by atoms with Gasteiger partial charge in [0.15, 0.2) is 11.5 Å². The highest BCUT2D eigenvalue weighted by Gasteiger charge is 2.19. The number of nitrogens with one attached hydrogen (secondary N) is 2. The Morgan fingerprint density at radius 1 is 1.50 bits per heavy atom. The number of hydrogen-bond donors (Lipinski definition) is 2. The van der Waals surface area contributed by atoms with Gasteiger partial charge in [-0.2, -0.15) is 10.3 Å². The van der Waals surface area contributed by atoms with E-state index in [4.69, 9.17) is 0 Å². The summed E-state index contributed by atoms with van der Waals surface area (Å²) in [6.07, 6.45) is 3.19. The van der Waals surface area contributed by atoms with Crippen molar-refractivity contribution in [2.24, 2.45) is 0 Å². The smallest absolute Gasteiger partial charge is 0.361 e. The predicted octanol–water partition coefficient (Wildman–Crippen LogP) is -0.0186. The second kappa shape index (κ2) is 3.29. The van der Waals surface area contributed by atoms with E-state index in [1.54, 1.807) is 12.4 Å². The Labute approximate surface area is 78.5 Å². The lowest BCUT2D eigenvalue weighted by Crippen LogP contribution is -2.04. The molecule has 0 saturated heterocycles. The number of hydrogen-bond acceptors (Lipinski definition) is 5. The molecular weight excluding hydrogens is 186 g/mol. The summed E-state index contributed by atoms with van der Waals surface area (Å²) in [5, 5.41) is 9.81. The van der Waals surface area contributed by atoms with Gasteiger partial charge < -0.3 is 9.72 Å². The summed E-state index contributed by atoms with van der Waals surface area (Å²) in [6.45, 7) is 0. The number of carbonyl (C=O) groups is 1. The van der Waals surface area contributed by atoms with Crippen molar-refractivity contribution in [2.45, 2.75) is 0 Å². The summed E-state index contributed by atoms with van der Waals surface area (Å²) in [5.41, 5.74) is 0.462. The predicted molar refractivity (Wildman–Crippen MR) is 45.3 cm³/mol. The molecule has 0 aromatic carbocycles. The normalized spacial score (nSPS) is 10.1. The molecule has 0 bridgehead atoms. The van der Waals surface area contributed by atoms with Crippen LogP contribution in [0, 0.1) is 0 Å². The van der Waals surface area contributed by atoms with Crippen LogP contribution in [0.25, 0.3) is 11.5 Å². The van der Waals surface area contributed by atoms with E-state index < -0.39 is 5.97 Å². The molecule has 2 N–H and O–H groups in total. The van der Waals surface area contributed by atoms with Crippen LogP contribution in [0.4, 0.5) is 0 Å². The molecule has 0 spiro atoms. The number of imidazole rings is 1. The number of carbonyl (C=O) groups excluding carboxylic acids is 1. The number of aromatic nitrogens is 5. The van der Waals surface area contributed by atoms with Gasteiger partial charge >= 0.3 is 5.97 Å². The van der Waals surface area contributed by atoms with Crippen molar-refractivity contribution in [2.75, 3.05) is 7.11 Å². The largest absolute Gasteiger partial charge is 0.464 e. The molecule has 2 rings (SSSR count). The summed E-state index contributed by atoms with van der Waals surface area (Å²) in [6, 6.07) is 0. The van der Waals surface area contributed by atoms with Gasteiger partial charge in [-0.1, -0.05) is 0 Å². The maximum absolute atomic E-state index is 11.2. The fraction of sp³-hybridized carbons (Fsp3) is 0.143. The Hall–Kier alpha value is -2.18. The minimum Gasteiger partial charge on any atom is -0.464 e. The Bertz CT molecular complexity index is 433. The Balaban J connectivity index is 2.45. The molecule has 0 aliphatic rings. The first-order valence-corrected chi connectivity index (χ1v) is 3.81. The molecular formula is C7H7N5O2. The Morgan fingerprint density at radius 3 is 3.00 bits per heavy atom. The average molecular weight is 193 g/mol.